The number of nitrogens with zero attached hydrogens (tertiary/aromatic N) is 3. The fourth-order valence-electron chi connectivity index (χ4n) is 4.77. The first-order valence-electron chi connectivity index (χ1n) is 8.03. The fourth-order valence-corrected chi connectivity index (χ4v) is 4.77. The molecule has 0 bridgehead atoms. The van der Waals surface area contributed by atoms with Gasteiger partial charge in [0.25, 0.3) is 0 Å². The van der Waals surface area contributed by atoms with Crippen molar-refractivity contribution in [3.8, 4) is 0 Å². The van der Waals surface area contributed by atoms with Gasteiger partial charge in [0.05, 0.1) is 0 Å². The molecule has 3 fully saturated rings. The largest absolute Gasteiger partial charge is 0.329 e. The van der Waals surface area contributed by atoms with Crippen molar-refractivity contribution in [2.75, 3.05) is 46.8 Å². The molecular weight excluding hydrogens is 236 g/mol. The van der Waals surface area contributed by atoms with Gasteiger partial charge >= 0.3 is 0 Å². The normalized spacial score (nSPS) is 38.2. The Labute approximate surface area is 117 Å². The van der Waals surface area contributed by atoms with Crippen molar-refractivity contribution in [1.82, 2.24) is 14.7 Å². The van der Waals surface area contributed by atoms with Gasteiger partial charge in [-0.15, -0.1) is 0 Å². The monoisotopic (exact) mass is 266 g/mol. The summed E-state index contributed by atoms with van der Waals surface area (Å²) in [5, 5.41) is 0. The second kappa shape index (κ2) is 5.32. The van der Waals surface area contributed by atoms with Gasteiger partial charge in [0.2, 0.25) is 0 Å². The molecule has 0 spiro atoms. The maximum Gasteiger partial charge on any atom is 0.0498 e. The summed E-state index contributed by atoms with van der Waals surface area (Å²) >= 11 is 0. The summed E-state index contributed by atoms with van der Waals surface area (Å²) in [5.41, 5.74) is 6.57. The van der Waals surface area contributed by atoms with E-state index in [2.05, 4.69) is 28.8 Å². The minimum atomic E-state index is 0.299. The van der Waals surface area contributed by atoms with E-state index in [4.69, 9.17) is 5.73 Å². The lowest BCUT2D eigenvalue weighted by Gasteiger charge is -2.48. The van der Waals surface area contributed by atoms with Crippen LogP contribution in [0.5, 0.6) is 0 Å². The van der Waals surface area contributed by atoms with Gasteiger partial charge in [-0.25, -0.2) is 0 Å². The first kappa shape index (κ1) is 13.8. The second-order valence-electron chi connectivity index (χ2n) is 6.93. The molecule has 4 nitrogen and oxygen atoms in total. The highest BCUT2D eigenvalue weighted by Gasteiger charge is 2.51. The molecule has 3 heterocycles. The zero-order valence-corrected chi connectivity index (χ0v) is 12.6. The van der Waals surface area contributed by atoms with E-state index in [1.54, 1.807) is 0 Å². The Bertz CT molecular complexity index is 311. The molecule has 3 saturated heterocycles. The molecule has 3 rings (SSSR count). The van der Waals surface area contributed by atoms with E-state index >= 15 is 0 Å². The Hall–Kier alpha value is -0.160. The van der Waals surface area contributed by atoms with Crippen LogP contribution in [-0.4, -0.2) is 79.1 Å². The van der Waals surface area contributed by atoms with Gasteiger partial charge in [-0.05, 0) is 52.7 Å². The minimum absolute atomic E-state index is 0.299. The van der Waals surface area contributed by atoms with Crippen LogP contribution in [-0.2, 0) is 0 Å². The van der Waals surface area contributed by atoms with E-state index in [-0.39, 0.29) is 0 Å². The SMILES string of the molecule is CN(C)C1CCN(C2(CN)CCN3CCCC32)CC1. The molecule has 3 aliphatic heterocycles. The van der Waals surface area contributed by atoms with Crippen LogP contribution in [0, 0.1) is 0 Å². The maximum atomic E-state index is 6.27. The highest BCUT2D eigenvalue weighted by molar-refractivity contribution is 5.10. The quantitative estimate of drug-likeness (QED) is 0.810. The van der Waals surface area contributed by atoms with Crippen LogP contribution in [0.4, 0.5) is 0 Å². The van der Waals surface area contributed by atoms with Crippen LogP contribution in [0.2, 0.25) is 0 Å². The van der Waals surface area contributed by atoms with Gasteiger partial charge in [0, 0.05) is 43.8 Å². The maximum absolute atomic E-state index is 6.27. The summed E-state index contributed by atoms with van der Waals surface area (Å²) in [7, 11) is 4.43. The van der Waals surface area contributed by atoms with Crippen molar-refractivity contribution >= 4 is 0 Å². The number of hydrogen-bond acceptors (Lipinski definition) is 4. The Morgan fingerprint density at radius 1 is 1.11 bits per heavy atom. The zero-order valence-electron chi connectivity index (χ0n) is 12.6. The molecule has 0 aliphatic carbocycles. The van der Waals surface area contributed by atoms with Crippen LogP contribution in [0.1, 0.15) is 32.1 Å². The van der Waals surface area contributed by atoms with Crippen molar-refractivity contribution in [2.24, 2.45) is 5.73 Å². The van der Waals surface area contributed by atoms with Gasteiger partial charge < -0.3 is 10.6 Å². The van der Waals surface area contributed by atoms with Crippen LogP contribution in [0.3, 0.4) is 0 Å². The number of hydrogen-bond donors (Lipinski definition) is 1. The fraction of sp³-hybridized carbons (Fsp3) is 1.00. The van der Waals surface area contributed by atoms with Gasteiger partial charge in [-0.2, -0.15) is 0 Å². The summed E-state index contributed by atoms with van der Waals surface area (Å²) in [6.45, 7) is 5.91. The van der Waals surface area contributed by atoms with Crippen molar-refractivity contribution in [2.45, 2.75) is 49.7 Å². The van der Waals surface area contributed by atoms with Crippen molar-refractivity contribution in [3.05, 3.63) is 0 Å². The molecule has 2 atom stereocenters. The number of nitrogens with two attached hydrogens (primary N) is 1. The standard InChI is InChI=1S/C15H30N4/c1-17(2)13-5-9-19(10-6-13)15(12-16)7-11-18-8-3-4-14(15)18/h13-14H,3-12,16H2,1-2H3. The number of likely N-dealkylation sites (tertiary alicyclic amines) is 1. The first-order valence-corrected chi connectivity index (χ1v) is 8.03. The second-order valence-corrected chi connectivity index (χ2v) is 6.93. The van der Waals surface area contributed by atoms with E-state index in [0.29, 0.717) is 5.54 Å². The van der Waals surface area contributed by atoms with Gasteiger partial charge in [-0.1, -0.05) is 0 Å². The third kappa shape index (κ3) is 2.23. The molecule has 110 valence electrons. The smallest absolute Gasteiger partial charge is 0.0498 e. The average molecular weight is 266 g/mol. The van der Waals surface area contributed by atoms with Gasteiger partial charge in [-0.3, -0.25) is 9.80 Å². The third-order valence-corrected chi connectivity index (χ3v) is 5.99. The van der Waals surface area contributed by atoms with E-state index in [9.17, 15) is 0 Å². The average Bonchev–Trinajstić information content (AvgIpc) is 3.01. The topological polar surface area (TPSA) is 35.7 Å². The Kier molecular flexibility index (Phi) is 3.87. The Morgan fingerprint density at radius 3 is 2.47 bits per heavy atom. The van der Waals surface area contributed by atoms with Crippen molar-refractivity contribution in [3.63, 3.8) is 0 Å². The van der Waals surface area contributed by atoms with Gasteiger partial charge in [0.1, 0.15) is 0 Å². The summed E-state index contributed by atoms with van der Waals surface area (Å²) in [5.74, 6) is 0. The van der Waals surface area contributed by atoms with Crippen molar-refractivity contribution < 1.29 is 0 Å². The predicted molar refractivity (Wildman–Crippen MR) is 79.3 cm³/mol. The lowest BCUT2D eigenvalue weighted by Crippen LogP contribution is -2.62. The van der Waals surface area contributed by atoms with Gasteiger partial charge in [0.15, 0.2) is 0 Å². The molecule has 0 amide bonds. The predicted octanol–water partition coefficient (Wildman–Crippen LogP) is 0.578. The highest BCUT2D eigenvalue weighted by atomic mass is 15.3. The number of rotatable bonds is 3. The molecule has 3 aliphatic rings. The minimum Gasteiger partial charge on any atom is -0.329 e. The first-order chi connectivity index (χ1) is 9.17. The van der Waals surface area contributed by atoms with E-state index < -0.39 is 0 Å². The van der Waals surface area contributed by atoms with Crippen molar-refractivity contribution in [1.29, 1.82) is 0 Å². The lowest BCUT2D eigenvalue weighted by molar-refractivity contribution is 0.0267. The number of fused-ring (bicyclic) bond motifs is 1. The van der Waals surface area contributed by atoms with Crippen LogP contribution in [0.25, 0.3) is 0 Å². The summed E-state index contributed by atoms with van der Waals surface area (Å²) < 4.78 is 0. The summed E-state index contributed by atoms with van der Waals surface area (Å²) in [4.78, 5) is 7.84. The molecule has 4 heteroatoms. The van der Waals surface area contributed by atoms with Crippen LogP contribution < -0.4 is 5.73 Å². The highest BCUT2D eigenvalue weighted by Crippen LogP contribution is 2.40. The molecule has 2 unspecified atom stereocenters. The molecule has 2 N–H and O–H groups in total. The summed E-state index contributed by atoms with van der Waals surface area (Å²) in [6.07, 6.45) is 6.65. The van der Waals surface area contributed by atoms with E-state index in [1.165, 1.54) is 58.3 Å². The zero-order chi connectivity index (χ0) is 13.5. The molecule has 0 saturated carbocycles. The Balaban J connectivity index is 1.70. The van der Waals surface area contributed by atoms with Crippen LogP contribution in [0.15, 0.2) is 0 Å². The molecule has 0 aromatic carbocycles. The Morgan fingerprint density at radius 2 is 1.84 bits per heavy atom. The summed E-state index contributed by atoms with van der Waals surface area (Å²) in [6, 6.07) is 1.51. The molecular formula is C15H30N4. The number of piperidine rings is 1. The third-order valence-electron chi connectivity index (χ3n) is 5.99. The molecule has 0 aromatic heterocycles. The molecule has 0 radical (unpaired) electrons. The molecule has 19 heavy (non-hydrogen) atoms. The van der Waals surface area contributed by atoms with E-state index in [0.717, 1.165) is 18.6 Å². The molecule has 0 aromatic rings. The van der Waals surface area contributed by atoms with Crippen LogP contribution >= 0.6 is 0 Å². The van der Waals surface area contributed by atoms with E-state index in [1.807, 2.05) is 0 Å². The lowest BCUT2D eigenvalue weighted by atomic mass is 9.84.